The van der Waals surface area contributed by atoms with Crippen LogP contribution in [0, 0.1) is 5.82 Å². The van der Waals surface area contributed by atoms with E-state index in [1.165, 1.54) is 40.1 Å². The van der Waals surface area contributed by atoms with Gasteiger partial charge in [0.05, 0.1) is 36.5 Å². The number of aryl methyl sites for hydroxylation is 1. The zero-order valence-electron chi connectivity index (χ0n) is 19.2. The first-order chi connectivity index (χ1) is 17.5. The second kappa shape index (κ2) is 9.90. The molecule has 3 aromatic heterocycles. The van der Waals surface area contributed by atoms with Gasteiger partial charge in [0.1, 0.15) is 17.5 Å². The number of hydrogen-bond donors (Lipinski definition) is 1. The molecule has 36 heavy (non-hydrogen) atoms. The first-order valence-corrected chi connectivity index (χ1v) is 11.4. The molecule has 1 N–H and O–H groups in total. The molecular weight excluding hydrogens is 465 g/mol. The molecule has 0 saturated heterocycles. The Morgan fingerprint density at radius 1 is 0.889 bits per heavy atom. The molecule has 11 heteroatoms. The fourth-order valence-electron chi connectivity index (χ4n) is 3.94. The summed E-state index contributed by atoms with van der Waals surface area (Å²) < 4.78 is 17.5. The zero-order valence-corrected chi connectivity index (χ0v) is 19.2. The van der Waals surface area contributed by atoms with Crippen LogP contribution in [0.25, 0.3) is 21.9 Å². The van der Waals surface area contributed by atoms with Crippen LogP contribution in [-0.4, -0.2) is 41.3 Å². The summed E-state index contributed by atoms with van der Waals surface area (Å²) in [4.78, 5) is 46.3. The molecular formula is C25H22FN7O3. The number of rotatable bonds is 8. The normalized spacial score (nSPS) is 11.2. The summed E-state index contributed by atoms with van der Waals surface area (Å²) >= 11 is 0. The Bertz CT molecular complexity index is 1670. The lowest BCUT2D eigenvalue weighted by atomic mass is 10.2. The molecule has 0 unspecified atom stereocenters. The molecule has 0 atom stereocenters. The van der Waals surface area contributed by atoms with Gasteiger partial charge >= 0.3 is 0 Å². The van der Waals surface area contributed by atoms with Gasteiger partial charge in [-0.2, -0.15) is 5.10 Å². The van der Waals surface area contributed by atoms with Crippen molar-refractivity contribution in [3.05, 3.63) is 99.5 Å². The lowest BCUT2D eigenvalue weighted by Gasteiger charge is -2.09. The number of carbonyl (C=O) groups excluding carboxylic acids is 1. The van der Waals surface area contributed by atoms with Crippen molar-refractivity contribution in [2.75, 3.05) is 6.54 Å². The average molecular weight is 487 g/mol. The largest absolute Gasteiger partial charge is 0.354 e. The third-order valence-electron chi connectivity index (χ3n) is 5.85. The van der Waals surface area contributed by atoms with Crippen LogP contribution in [0.1, 0.15) is 12.0 Å². The molecule has 1 amide bonds. The van der Waals surface area contributed by atoms with Crippen LogP contribution >= 0.6 is 0 Å². The van der Waals surface area contributed by atoms with Gasteiger partial charge < -0.3 is 5.32 Å². The Balaban J connectivity index is 1.18. The van der Waals surface area contributed by atoms with E-state index < -0.39 is 0 Å². The molecule has 0 radical (unpaired) electrons. The van der Waals surface area contributed by atoms with E-state index in [2.05, 4.69) is 20.4 Å². The molecule has 2 aromatic carbocycles. The number of hydrogen-bond acceptors (Lipinski definition) is 6. The van der Waals surface area contributed by atoms with Crippen molar-refractivity contribution in [1.82, 2.24) is 34.2 Å². The molecule has 0 saturated carbocycles. The van der Waals surface area contributed by atoms with E-state index in [0.717, 1.165) is 5.56 Å². The summed E-state index contributed by atoms with van der Waals surface area (Å²) in [5.41, 5.74) is 1.36. The molecule has 0 aliphatic carbocycles. The molecule has 5 rings (SSSR count). The summed E-state index contributed by atoms with van der Waals surface area (Å²) in [6.07, 6.45) is 4.45. The van der Waals surface area contributed by atoms with Crippen LogP contribution in [0.15, 0.2) is 77.0 Å². The van der Waals surface area contributed by atoms with Gasteiger partial charge in [-0.25, -0.2) is 19.0 Å². The van der Waals surface area contributed by atoms with Gasteiger partial charge in [-0.05, 0) is 29.8 Å². The van der Waals surface area contributed by atoms with Crippen molar-refractivity contribution < 1.29 is 9.18 Å². The van der Waals surface area contributed by atoms with Crippen LogP contribution in [-0.2, 0) is 24.4 Å². The van der Waals surface area contributed by atoms with Crippen LogP contribution in [0.5, 0.6) is 0 Å². The lowest BCUT2D eigenvalue weighted by molar-refractivity contribution is -0.121. The maximum Gasteiger partial charge on any atom is 0.264 e. The number of halogens is 1. The monoisotopic (exact) mass is 487 g/mol. The first kappa shape index (κ1) is 23.1. The fraction of sp³-hybridized carbons (Fsp3) is 0.200. The van der Waals surface area contributed by atoms with Crippen molar-refractivity contribution in [3.63, 3.8) is 0 Å². The Kier molecular flexibility index (Phi) is 6.35. The topological polar surface area (TPSA) is 117 Å². The molecule has 0 spiro atoms. The van der Waals surface area contributed by atoms with E-state index in [9.17, 15) is 18.8 Å². The summed E-state index contributed by atoms with van der Waals surface area (Å²) in [5.74, 6) is -0.561. The highest BCUT2D eigenvalue weighted by Crippen LogP contribution is 2.08. The number of aromatic nitrogens is 6. The summed E-state index contributed by atoms with van der Waals surface area (Å²) in [6, 6.07) is 13.0. The third kappa shape index (κ3) is 4.76. The number of fused-ring (bicyclic) bond motifs is 2. The van der Waals surface area contributed by atoms with Crippen LogP contribution in [0.2, 0.25) is 0 Å². The van der Waals surface area contributed by atoms with Crippen molar-refractivity contribution in [2.24, 2.45) is 0 Å². The average Bonchev–Trinajstić information content (AvgIpc) is 3.30. The molecule has 0 fully saturated rings. The molecule has 0 aliphatic heterocycles. The summed E-state index contributed by atoms with van der Waals surface area (Å²) in [7, 11) is 0. The molecule has 3 heterocycles. The minimum absolute atomic E-state index is 0.117. The lowest BCUT2D eigenvalue weighted by Crippen LogP contribution is -2.30. The Labute approximate surface area is 203 Å². The van der Waals surface area contributed by atoms with Gasteiger partial charge in [-0.15, -0.1) is 0 Å². The number of amides is 1. The van der Waals surface area contributed by atoms with E-state index in [1.807, 2.05) is 6.07 Å². The molecule has 0 aliphatic rings. The Hall–Kier alpha value is -4.67. The predicted octanol–water partition coefficient (Wildman–Crippen LogP) is 1.70. The van der Waals surface area contributed by atoms with E-state index in [-0.39, 0.29) is 48.9 Å². The predicted molar refractivity (Wildman–Crippen MR) is 131 cm³/mol. The molecule has 0 bridgehead atoms. The third-order valence-corrected chi connectivity index (χ3v) is 5.85. The number of nitrogens with one attached hydrogen (secondary N) is 1. The highest BCUT2D eigenvalue weighted by molar-refractivity contribution is 5.77. The smallest absolute Gasteiger partial charge is 0.264 e. The van der Waals surface area contributed by atoms with Gasteiger partial charge in [-0.1, -0.05) is 24.3 Å². The van der Waals surface area contributed by atoms with Gasteiger partial charge in [0, 0.05) is 19.5 Å². The Morgan fingerprint density at radius 3 is 2.47 bits per heavy atom. The quantitative estimate of drug-likeness (QED) is 0.356. The van der Waals surface area contributed by atoms with Gasteiger partial charge in [-0.3, -0.25) is 23.5 Å². The van der Waals surface area contributed by atoms with Crippen molar-refractivity contribution >= 4 is 27.8 Å². The van der Waals surface area contributed by atoms with Crippen LogP contribution < -0.4 is 16.4 Å². The Morgan fingerprint density at radius 2 is 1.64 bits per heavy atom. The fourth-order valence-corrected chi connectivity index (χ4v) is 3.94. The number of carbonyl (C=O) groups is 1. The van der Waals surface area contributed by atoms with Crippen LogP contribution in [0.4, 0.5) is 4.39 Å². The SMILES string of the molecule is O=C(CCn1cnc2ccccc2c1=O)NCCn1ncc2c(=O)n(Cc3ccc(F)cc3)cnc21. The van der Waals surface area contributed by atoms with Crippen molar-refractivity contribution in [2.45, 2.75) is 26.1 Å². The maximum atomic E-state index is 13.1. The second-order valence-electron chi connectivity index (χ2n) is 8.27. The molecule has 5 aromatic rings. The van der Waals surface area contributed by atoms with Crippen molar-refractivity contribution in [3.8, 4) is 0 Å². The summed E-state index contributed by atoms with van der Waals surface area (Å²) in [6.45, 7) is 1.07. The summed E-state index contributed by atoms with van der Waals surface area (Å²) in [5, 5.41) is 7.90. The van der Waals surface area contributed by atoms with E-state index in [4.69, 9.17) is 0 Å². The minimum Gasteiger partial charge on any atom is -0.354 e. The van der Waals surface area contributed by atoms with Gasteiger partial charge in [0.2, 0.25) is 5.91 Å². The number of nitrogens with zero attached hydrogens (tertiary/aromatic N) is 6. The molecule has 10 nitrogen and oxygen atoms in total. The standard InChI is InChI=1S/C25H22FN7O3/c26-18-7-5-17(6-8-18)14-32-16-29-23-20(25(32)36)13-30-33(23)12-10-27-22(34)9-11-31-15-28-21-4-2-1-3-19(21)24(31)35/h1-8,13,15-16H,9-12,14H2,(H,27,34). The van der Waals surface area contributed by atoms with Gasteiger partial charge in [0.15, 0.2) is 5.65 Å². The highest BCUT2D eigenvalue weighted by atomic mass is 19.1. The van der Waals surface area contributed by atoms with E-state index in [0.29, 0.717) is 28.5 Å². The first-order valence-electron chi connectivity index (χ1n) is 11.4. The number of benzene rings is 2. The zero-order chi connectivity index (χ0) is 25.1. The van der Waals surface area contributed by atoms with E-state index >= 15 is 0 Å². The maximum absolute atomic E-state index is 13.1. The second-order valence-corrected chi connectivity index (χ2v) is 8.27. The number of para-hydroxylation sites is 1. The van der Waals surface area contributed by atoms with E-state index in [1.54, 1.807) is 35.0 Å². The minimum atomic E-state index is -0.340. The van der Waals surface area contributed by atoms with Crippen molar-refractivity contribution in [1.29, 1.82) is 0 Å². The van der Waals surface area contributed by atoms with Crippen LogP contribution in [0.3, 0.4) is 0 Å². The molecule has 182 valence electrons. The highest BCUT2D eigenvalue weighted by Gasteiger charge is 2.11. The van der Waals surface area contributed by atoms with Gasteiger partial charge in [0.25, 0.3) is 11.1 Å².